The zero-order chi connectivity index (χ0) is 13.1. The summed E-state index contributed by atoms with van der Waals surface area (Å²) >= 11 is 0. The summed E-state index contributed by atoms with van der Waals surface area (Å²) in [6.07, 6.45) is 0. The first kappa shape index (κ1) is 12.3. The molecule has 0 atom stereocenters. The van der Waals surface area contributed by atoms with Crippen molar-refractivity contribution in [2.24, 2.45) is 0 Å². The van der Waals surface area contributed by atoms with E-state index in [1.165, 1.54) is 12.1 Å². The Morgan fingerprint density at radius 2 is 1.67 bits per heavy atom. The third-order valence-electron chi connectivity index (χ3n) is 2.61. The van der Waals surface area contributed by atoms with Crippen LogP contribution in [-0.4, -0.2) is 22.1 Å². The molecule has 0 unspecified atom stereocenters. The minimum Gasteiger partial charge on any atom is -0.423 e. The van der Waals surface area contributed by atoms with Crippen LogP contribution < -0.4 is 5.46 Å². The SMILES string of the molecule is O=[N+]([O-])c1cc(-c2ccccc2)ccc1B(O)O. The second-order valence-electron chi connectivity index (χ2n) is 3.77. The van der Waals surface area contributed by atoms with Crippen LogP contribution in [0.5, 0.6) is 0 Å². The summed E-state index contributed by atoms with van der Waals surface area (Å²) in [5, 5.41) is 29.0. The molecule has 0 aliphatic rings. The van der Waals surface area contributed by atoms with E-state index in [4.69, 9.17) is 10.0 Å². The predicted molar refractivity (Wildman–Crippen MR) is 68.4 cm³/mol. The maximum Gasteiger partial charge on any atom is 0.495 e. The van der Waals surface area contributed by atoms with Crippen molar-refractivity contribution in [3.63, 3.8) is 0 Å². The molecular weight excluding hydrogens is 233 g/mol. The topological polar surface area (TPSA) is 83.6 Å². The summed E-state index contributed by atoms with van der Waals surface area (Å²) < 4.78 is 0. The first-order valence-electron chi connectivity index (χ1n) is 5.29. The van der Waals surface area contributed by atoms with Gasteiger partial charge < -0.3 is 10.0 Å². The summed E-state index contributed by atoms with van der Waals surface area (Å²) in [6, 6.07) is 13.5. The number of benzene rings is 2. The van der Waals surface area contributed by atoms with Gasteiger partial charge in [-0.25, -0.2) is 0 Å². The second-order valence-corrected chi connectivity index (χ2v) is 3.77. The molecule has 2 rings (SSSR count). The molecule has 0 heterocycles. The molecule has 0 amide bonds. The number of hydrogen-bond donors (Lipinski definition) is 2. The highest BCUT2D eigenvalue weighted by Gasteiger charge is 2.24. The van der Waals surface area contributed by atoms with Crippen LogP contribution in [0.25, 0.3) is 11.1 Å². The summed E-state index contributed by atoms with van der Waals surface area (Å²) in [4.78, 5) is 10.3. The normalized spacial score (nSPS) is 10.1. The van der Waals surface area contributed by atoms with Crippen molar-refractivity contribution in [1.82, 2.24) is 0 Å². The van der Waals surface area contributed by atoms with Crippen LogP contribution in [0, 0.1) is 10.1 Å². The van der Waals surface area contributed by atoms with Crippen molar-refractivity contribution >= 4 is 18.3 Å². The Morgan fingerprint density at radius 1 is 1.00 bits per heavy atom. The molecule has 18 heavy (non-hydrogen) atoms. The first-order valence-corrected chi connectivity index (χ1v) is 5.29. The van der Waals surface area contributed by atoms with Crippen LogP contribution in [0.3, 0.4) is 0 Å². The molecule has 0 saturated heterocycles. The van der Waals surface area contributed by atoms with Gasteiger partial charge in [0.2, 0.25) is 0 Å². The molecule has 0 aliphatic heterocycles. The number of hydrogen-bond acceptors (Lipinski definition) is 4. The van der Waals surface area contributed by atoms with Gasteiger partial charge in [0.05, 0.1) is 10.4 Å². The number of rotatable bonds is 3. The van der Waals surface area contributed by atoms with E-state index >= 15 is 0 Å². The molecule has 0 saturated carbocycles. The molecule has 2 N–H and O–H groups in total. The Balaban J connectivity index is 2.54. The number of nitro benzene ring substituents is 1. The summed E-state index contributed by atoms with van der Waals surface area (Å²) in [5.74, 6) is 0. The molecule has 6 heteroatoms. The third-order valence-corrected chi connectivity index (χ3v) is 2.61. The fourth-order valence-electron chi connectivity index (χ4n) is 1.73. The Morgan fingerprint density at radius 3 is 2.22 bits per heavy atom. The molecular formula is C12H10BNO4. The van der Waals surface area contributed by atoms with Crippen LogP contribution in [0.15, 0.2) is 48.5 Å². The van der Waals surface area contributed by atoms with E-state index < -0.39 is 12.0 Å². The first-order chi connectivity index (χ1) is 8.59. The van der Waals surface area contributed by atoms with Crippen LogP contribution >= 0.6 is 0 Å². The van der Waals surface area contributed by atoms with E-state index in [-0.39, 0.29) is 11.2 Å². The highest BCUT2D eigenvalue weighted by Crippen LogP contribution is 2.22. The maximum absolute atomic E-state index is 10.9. The van der Waals surface area contributed by atoms with Crippen LogP contribution in [0.2, 0.25) is 0 Å². The van der Waals surface area contributed by atoms with Gasteiger partial charge >= 0.3 is 7.12 Å². The highest BCUT2D eigenvalue weighted by atomic mass is 16.6. The van der Waals surface area contributed by atoms with E-state index in [2.05, 4.69) is 0 Å². The van der Waals surface area contributed by atoms with Gasteiger partial charge in [-0.2, -0.15) is 0 Å². The molecule has 5 nitrogen and oxygen atoms in total. The van der Waals surface area contributed by atoms with Gasteiger partial charge in [-0.05, 0) is 11.1 Å². The van der Waals surface area contributed by atoms with E-state index in [1.54, 1.807) is 6.07 Å². The molecule has 0 aliphatic carbocycles. The van der Waals surface area contributed by atoms with E-state index in [0.29, 0.717) is 5.56 Å². The molecule has 0 spiro atoms. The zero-order valence-electron chi connectivity index (χ0n) is 9.35. The smallest absolute Gasteiger partial charge is 0.423 e. The Labute approximate surface area is 104 Å². The van der Waals surface area contributed by atoms with E-state index in [9.17, 15) is 10.1 Å². The third kappa shape index (κ3) is 2.39. The maximum atomic E-state index is 10.9. The molecule has 2 aromatic carbocycles. The largest absolute Gasteiger partial charge is 0.495 e. The lowest BCUT2D eigenvalue weighted by atomic mass is 9.78. The van der Waals surface area contributed by atoms with Crippen molar-refractivity contribution in [2.75, 3.05) is 0 Å². The lowest BCUT2D eigenvalue weighted by molar-refractivity contribution is -0.383. The fourth-order valence-corrected chi connectivity index (χ4v) is 1.73. The molecule has 0 aromatic heterocycles. The van der Waals surface area contributed by atoms with E-state index in [0.717, 1.165) is 5.56 Å². The van der Waals surface area contributed by atoms with Gasteiger partial charge in [0.25, 0.3) is 5.69 Å². The Hall–Kier alpha value is -2.18. The Kier molecular flexibility index (Phi) is 3.41. The van der Waals surface area contributed by atoms with E-state index in [1.807, 2.05) is 30.3 Å². The molecule has 90 valence electrons. The molecule has 2 aromatic rings. The van der Waals surface area contributed by atoms with Crippen molar-refractivity contribution in [3.05, 3.63) is 58.6 Å². The fraction of sp³-hybridized carbons (Fsp3) is 0. The zero-order valence-corrected chi connectivity index (χ0v) is 9.35. The van der Waals surface area contributed by atoms with Gasteiger partial charge in [0, 0.05) is 6.07 Å². The summed E-state index contributed by atoms with van der Waals surface area (Å²) in [6.45, 7) is 0. The lowest BCUT2D eigenvalue weighted by Crippen LogP contribution is -2.31. The van der Waals surface area contributed by atoms with Crippen molar-refractivity contribution in [1.29, 1.82) is 0 Å². The number of nitro groups is 1. The quantitative estimate of drug-likeness (QED) is 0.477. The summed E-state index contributed by atoms with van der Waals surface area (Å²) in [7, 11) is -1.85. The van der Waals surface area contributed by atoms with Gasteiger partial charge in [-0.3, -0.25) is 10.1 Å². The van der Waals surface area contributed by atoms with Gasteiger partial charge in [-0.15, -0.1) is 0 Å². The van der Waals surface area contributed by atoms with Crippen molar-refractivity contribution < 1.29 is 15.0 Å². The molecule has 0 bridgehead atoms. The van der Waals surface area contributed by atoms with Crippen LogP contribution in [-0.2, 0) is 0 Å². The average Bonchev–Trinajstić information content (AvgIpc) is 2.39. The molecule has 0 fully saturated rings. The highest BCUT2D eigenvalue weighted by molar-refractivity contribution is 6.60. The molecule has 0 radical (unpaired) electrons. The van der Waals surface area contributed by atoms with Crippen molar-refractivity contribution in [3.8, 4) is 11.1 Å². The van der Waals surface area contributed by atoms with Crippen molar-refractivity contribution in [2.45, 2.75) is 0 Å². The predicted octanol–water partition coefficient (Wildman–Crippen LogP) is 0.942. The summed E-state index contributed by atoms with van der Waals surface area (Å²) in [5.41, 5.74) is 1.08. The lowest BCUT2D eigenvalue weighted by Gasteiger charge is -2.05. The van der Waals surface area contributed by atoms with Gasteiger partial charge in [-0.1, -0.05) is 42.5 Å². The second kappa shape index (κ2) is 4.99. The minimum atomic E-state index is -1.85. The Bertz CT molecular complexity index is 572. The minimum absolute atomic E-state index is 0.111. The van der Waals surface area contributed by atoms with Crippen LogP contribution in [0.4, 0.5) is 5.69 Å². The van der Waals surface area contributed by atoms with Crippen LogP contribution in [0.1, 0.15) is 0 Å². The van der Waals surface area contributed by atoms with Gasteiger partial charge in [0.1, 0.15) is 0 Å². The average molecular weight is 243 g/mol. The number of nitrogens with zero attached hydrogens (tertiary/aromatic N) is 1. The standard InChI is InChI=1S/C12H10BNO4/c15-13(16)11-7-6-10(8-12(11)14(17)18)9-4-2-1-3-5-9/h1-8,15-16H. The van der Waals surface area contributed by atoms with Gasteiger partial charge in [0.15, 0.2) is 0 Å². The monoisotopic (exact) mass is 243 g/mol.